The molecule has 0 bridgehead atoms. The van der Waals surface area contributed by atoms with Gasteiger partial charge < -0.3 is 20.7 Å². The molecule has 0 saturated carbocycles. The molecule has 148 valence electrons. The number of amides is 2. The van der Waals surface area contributed by atoms with Crippen molar-refractivity contribution < 1.29 is 14.3 Å². The lowest BCUT2D eigenvalue weighted by atomic mass is 10.2. The molecule has 3 rings (SSSR count). The molecule has 3 aromatic rings. The zero-order valence-electron chi connectivity index (χ0n) is 16.1. The summed E-state index contributed by atoms with van der Waals surface area (Å²) in [5.74, 6) is 0.242. The Kier molecular flexibility index (Phi) is 6.84. The van der Waals surface area contributed by atoms with Crippen molar-refractivity contribution in [1.29, 1.82) is 0 Å². The van der Waals surface area contributed by atoms with Gasteiger partial charge in [-0.2, -0.15) is 0 Å². The largest absolute Gasteiger partial charge is 0.487 e. The lowest BCUT2D eigenvalue weighted by Crippen LogP contribution is -2.22. The molecule has 29 heavy (non-hydrogen) atoms. The maximum Gasteiger partial charge on any atom is 0.251 e. The Hall–Kier alpha value is -3.80. The van der Waals surface area contributed by atoms with Gasteiger partial charge in [0.2, 0.25) is 5.91 Å². The average molecular weight is 389 g/mol. The van der Waals surface area contributed by atoms with Crippen LogP contribution in [0.4, 0.5) is 11.4 Å². The molecule has 0 fully saturated rings. The number of carbonyl (C=O) groups is 2. The van der Waals surface area contributed by atoms with E-state index >= 15 is 0 Å². The Balaban J connectivity index is 1.57. The van der Waals surface area contributed by atoms with Gasteiger partial charge >= 0.3 is 0 Å². The van der Waals surface area contributed by atoms with E-state index < -0.39 is 0 Å². The summed E-state index contributed by atoms with van der Waals surface area (Å²) in [4.78, 5) is 24.0. The van der Waals surface area contributed by atoms with E-state index in [-0.39, 0.29) is 18.4 Å². The van der Waals surface area contributed by atoms with Gasteiger partial charge in [0.15, 0.2) is 0 Å². The van der Waals surface area contributed by atoms with E-state index in [1.807, 2.05) is 54.6 Å². The highest BCUT2D eigenvalue weighted by Gasteiger charge is 2.08. The van der Waals surface area contributed by atoms with Crippen molar-refractivity contribution >= 4 is 23.2 Å². The predicted molar refractivity (Wildman–Crippen MR) is 114 cm³/mol. The van der Waals surface area contributed by atoms with Gasteiger partial charge in [-0.05, 0) is 35.9 Å². The van der Waals surface area contributed by atoms with Crippen LogP contribution in [0.25, 0.3) is 0 Å². The Morgan fingerprint density at radius 2 is 1.66 bits per heavy atom. The van der Waals surface area contributed by atoms with Crippen molar-refractivity contribution in [3.05, 3.63) is 90.0 Å². The monoisotopic (exact) mass is 389 g/mol. The van der Waals surface area contributed by atoms with Crippen LogP contribution < -0.4 is 20.7 Å². The second-order valence-corrected chi connectivity index (χ2v) is 6.33. The quantitative estimate of drug-likeness (QED) is 0.549. The van der Waals surface area contributed by atoms with E-state index in [9.17, 15) is 9.59 Å². The summed E-state index contributed by atoms with van der Waals surface area (Å²) in [6.45, 7) is 0.508. The van der Waals surface area contributed by atoms with Gasteiger partial charge in [-0.1, -0.05) is 48.5 Å². The summed E-state index contributed by atoms with van der Waals surface area (Å²) in [5, 5.41) is 8.45. The molecule has 3 N–H and O–H groups in total. The van der Waals surface area contributed by atoms with Crippen LogP contribution in [0.3, 0.4) is 0 Å². The molecule has 2 amide bonds. The number of carbonyl (C=O) groups excluding carboxylic acids is 2. The van der Waals surface area contributed by atoms with Gasteiger partial charge in [0.05, 0.1) is 12.2 Å². The molecule has 0 aliphatic carbocycles. The van der Waals surface area contributed by atoms with Gasteiger partial charge in [-0.25, -0.2) is 0 Å². The number of hydrogen-bond acceptors (Lipinski definition) is 4. The molecule has 0 aliphatic heterocycles. The smallest absolute Gasteiger partial charge is 0.251 e. The van der Waals surface area contributed by atoms with Crippen LogP contribution in [0, 0.1) is 0 Å². The van der Waals surface area contributed by atoms with E-state index in [0.717, 1.165) is 11.3 Å². The van der Waals surface area contributed by atoms with Gasteiger partial charge in [0, 0.05) is 18.3 Å². The van der Waals surface area contributed by atoms with E-state index in [4.69, 9.17) is 4.74 Å². The lowest BCUT2D eigenvalue weighted by molar-refractivity contribution is -0.114. The molecule has 0 radical (unpaired) electrons. The third-order valence-corrected chi connectivity index (χ3v) is 4.20. The minimum atomic E-state index is -0.225. The summed E-state index contributed by atoms with van der Waals surface area (Å²) < 4.78 is 5.89. The van der Waals surface area contributed by atoms with Gasteiger partial charge in [-0.3, -0.25) is 9.59 Å². The van der Waals surface area contributed by atoms with Crippen LogP contribution >= 0.6 is 0 Å². The highest BCUT2D eigenvalue weighted by atomic mass is 16.5. The van der Waals surface area contributed by atoms with E-state index in [1.54, 1.807) is 31.3 Å². The molecule has 0 heterocycles. The van der Waals surface area contributed by atoms with Crippen LogP contribution in [0.15, 0.2) is 78.9 Å². The molecule has 6 heteroatoms. The van der Waals surface area contributed by atoms with Crippen LogP contribution in [-0.2, 0) is 11.4 Å². The standard InChI is InChI=1S/C23H23N3O3/c1-24-23(28)18-10-7-11-19(14-18)26-22(27)15-25-20-12-5-6-13-21(20)29-16-17-8-3-2-4-9-17/h2-14,25H,15-16H2,1H3,(H,24,28)(H,26,27). The fourth-order valence-electron chi connectivity index (χ4n) is 2.74. The molecular formula is C23H23N3O3. The molecule has 0 atom stereocenters. The Morgan fingerprint density at radius 3 is 2.45 bits per heavy atom. The second-order valence-electron chi connectivity index (χ2n) is 6.33. The normalized spacial score (nSPS) is 10.1. The number of benzene rings is 3. The number of para-hydroxylation sites is 2. The lowest BCUT2D eigenvalue weighted by Gasteiger charge is -2.13. The maximum atomic E-state index is 12.3. The molecule has 0 spiro atoms. The molecule has 0 aromatic heterocycles. The summed E-state index contributed by atoms with van der Waals surface area (Å²) >= 11 is 0. The van der Waals surface area contributed by atoms with Crippen LogP contribution in [-0.4, -0.2) is 25.4 Å². The fourth-order valence-corrected chi connectivity index (χ4v) is 2.74. The molecular weight excluding hydrogens is 366 g/mol. The Bertz CT molecular complexity index is 974. The van der Waals surface area contributed by atoms with Crippen molar-refractivity contribution in [2.45, 2.75) is 6.61 Å². The van der Waals surface area contributed by atoms with Crippen molar-refractivity contribution in [3.63, 3.8) is 0 Å². The number of nitrogens with one attached hydrogen (secondary N) is 3. The fraction of sp³-hybridized carbons (Fsp3) is 0.130. The van der Waals surface area contributed by atoms with E-state index in [2.05, 4.69) is 16.0 Å². The summed E-state index contributed by atoms with van der Waals surface area (Å²) in [7, 11) is 1.56. The minimum Gasteiger partial charge on any atom is -0.487 e. The third kappa shape index (κ3) is 5.84. The average Bonchev–Trinajstić information content (AvgIpc) is 2.77. The highest BCUT2D eigenvalue weighted by molar-refractivity contribution is 5.98. The third-order valence-electron chi connectivity index (χ3n) is 4.20. The first-order valence-electron chi connectivity index (χ1n) is 9.27. The molecule has 0 unspecified atom stereocenters. The number of anilines is 2. The topological polar surface area (TPSA) is 79.5 Å². The first kappa shape index (κ1) is 19.9. The first-order valence-corrected chi connectivity index (χ1v) is 9.27. The van der Waals surface area contributed by atoms with Crippen molar-refractivity contribution in [2.24, 2.45) is 0 Å². The summed E-state index contributed by atoms with van der Waals surface area (Å²) in [5.41, 5.74) is 2.85. The maximum absolute atomic E-state index is 12.3. The molecule has 0 aliphatic rings. The van der Waals surface area contributed by atoms with Crippen LogP contribution in [0.2, 0.25) is 0 Å². The van der Waals surface area contributed by atoms with Gasteiger partial charge in [-0.15, -0.1) is 0 Å². The predicted octanol–water partition coefficient (Wildman–Crippen LogP) is 3.68. The molecule has 3 aromatic carbocycles. The van der Waals surface area contributed by atoms with E-state index in [1.165, 1.54) is 0 Å². The second kappa shape index (κ2) is 9.94. The van der Waals surface area contributed by atoms with Crippen molar-refractivity contribution in [2.75, 3.05) is 24.2 Å². The Labute approximate surface area is 169 Å². The van der Waals surface area contributed by atoms with E-state index in [0.29, 0.717) is 23.6 Å². The molecule has 6 nitrogen and oxygen atoms in total. The Morgan fingerprint density at radius 1 is 0.897 bits per heavy atom. The summed E-state index contributed by atoms with van der Waals surface area (Å²) in [6.07, 6.45) is 0. The van der Waals surface area contributed by atoms with Crippen molar-refractivity contribution in [3.8, 4) is 5.75 Å². The first-order chi connectivity index (χ1) is 14.2. The SMILES string of the molecule is CNC(=O)c1cccc(NC(=O)CNc2ccccc2OCc2ccccc2)c1. The minimum absolute atomic E-state index is 0.0654. The molecule has 0 saturated heterocycles. The van der Waals surface area contributed by atoms with Crippen molar-refractivity contribution in [1.82, 2.24) is 5.32 Å². The highest BCUT2D eigenvalue weighted by Crippen LogP contribution is 2.24. The zero-order valence-corrected chi connectivity index (χ0v) is 16.1. The number of ether oxygens (including phenoxy) is 1. The van der Waals surface area contributed by atoms with Gasteiger partial charge in [0.1, 0.15) is 12.4 Å². The zero-order chi connectivity index (χ0) is 20.5. The number of hydrogen-bond donors (Lipinski definition) is 3. The number of rotatable bonds is 8. The summed E-state index contributed by atoms with van der Waals surface area (Å²) in [6, 6.07) is 24.1. The van der Waals surface area contributed by atoms with Crippen LogP contribution in [0.1, 0.15) is 15.9 Å². The van der Waals surface area contributed by atoms with Gasteiger partial charge in [0.25, 0.3) is 5.91 Å². The van der Waals surface area contributed by atoms with Crippen LogP contribution in [0.5, 0.6) is 5.75 Å².